The van der Waals surface area contributed by atoms with Crippen LogP contribution in [0, 0.1) is 5.41 Å². The number of halogens is 1. The molecule has 0 bridgehead atoms. The summed E-state index contributed by atoms with van der Waals surface area (Å²) in [5, 5.41) is 0. The van der Waals surface area contributed by atoms with Crippen molar-refractivity contribution in [3.63, 3.8) is 0 Å². The van der Waals surface area contributed by atoms with Gasteiger partial charge in [0.1, 0.15) is 0 Å². The first-order chi connectivity index (χ1) is 7.41. The summed E-state index contributed by atoms with van der Waals surface area (Å²) >= 11 is 3.92. The van der Waals surface area contributed by atoms with Gasteiger partial charge in [0.25, 0.3) is 0 Å². The summed E-state index contributed by atoms with van der Waals surface area (Å²) < 4.78 is 0.405. The van der Waals surface area contributed by atoms with Crippen LogP contribution in [0.5, 0.6) is 0 Å². The molecule has 1 aliphatic rings. The first-order valence-corrected chi connectivity index (χ1v) is 7.90. The van der Waals surface area contributed by atoms with E-state index in [1.54, 1.807) is 0 Å². The fraction of sp³-hybridized carbons (Fsp3) is 1.00. The maximum atomic E-state index is 3.92. The van der Waals surface area contributed by atoms with Gasteiger partial charge < -0.3 is 0 Å². The molecule has 1 aliphatic carbocycles. The predicted octanol–water partition coefficient (Wildman–Crippen LogP) is 6.08. The van der Waals surface area contributed by atoms with Gasteiger partial charge in [-0.25, -0.2) is 0 Å². The summed E-state index contributed by atoms with van der Waals surface area (Å²) in [5.74, 6) is 0. The van der Waals surface area contributed by atoms with E-state index in [-0.39, 0.29) is 0 Å². The third-order valence-corrected chi connectivity index (χ3v) is 4.90. The van der Waals surface area contributed by atoms with Gasteiger partial charge >= 0.3 is 0 Å². The summed E-state index contributed by atoms with van der Waals surface area (Å²) in [6, 6.07) is 0. The maximum absolute atomic E-state index is 3.92. The van der Waals surface area contributed by atoms with Crippen molar-refractivity contribution in [2.75, 3.05) is 0 Å². The van der Waals surface area contributed by atoms with Crippen LogP contribution in [-0.4, -0.2) is 4.32 Å². The van der Waals surface area contributed by atoms with Crippen LogP contribution >= 0.6 is 15.9 Å². The van der Waals surface area contributed by atoms with Crippen molar-refractivity contribution in [1.29, 1.82) is 0 Å². The van der Waals surface area contributed by atoms with Crippen molar-refractivity contribution in [2.24, 2.45) is 5.41 Å². The van der Waals surface area contributed by atoms with E-state index in [2.05, 4.69) is 36.7 Å². The van der Waals surface area contributed by atoms with Crippen LogP contribution in [0.3, 0.4) is 0 Å². The topological polar surface area (TPSA) is 0 Å². The summed E-state index contributed by atoms with van der Waals surface area (Å²) in [4.78, 5) is 0. The van der Waals surface area contributed by atoms with Gasteiger partial charge in [-0.2, -0.15) is 0 Å². The maximum Gasteiger partial charge on any atom is 0.0229 e. The van der Waals surface area contributed by atoms with E-state index in [4.69, 9.17) is 0 Å². The monoisotopic (exact) mass is 288 g/mol. The highest BCUT2D eigenvalue weighted by molar-refractivity contribution is 9.10. The summed E-state index contributed by atoms with van der Waals surface area (Å²) in [6.07, 6.45) is 14.1. The Balaban J connectivity index is 2.44. The normalized spacial score (nSPS) is 33.8. The van der Waals surface area contributed by atoms with E-state index in [1.165, 1.54) is 64.2 Å². The van der Waals surface area contributed by atoms with Gasteiger partial charge in [0.05, 0.1) is 0 Å². The van der Waals surface area contributed by atoms with Crippen LogP contribution in [-0.2, 0) is 0 Å². The van der Waals surface area contributed by atoms with Gasteiger partial charge in [-0.1, -0.05) is 68.3 Å². The Morgan fingerprint density at radius 1 is 0.625 bits per heavy atom. The molecule has 0 heterocycles. The van der Waals surface area contributed by atoms with E-state index in [9.17, 15) is 0 Å². The lowest BCUT2D eigenvalue weighted by atomic mass is 9.80. The van der Waals surface area contributed by atoms with Gasteiger partial charge in [-0.15, -0.1) is 0 Å². The highest BCUT2D eigenvalue weighted by atomic mass is 79.9. The molecule has 0 saturated heterocycles. The molecule has 0 spiro atoms. The molecule has 1 rings (SSSR count). The molecule has 0 aromatic carbocycles. The van der Waals surface area contributed by atoms with Crippen molar-refractivity contribution in [3.05, 3.63) is 0 Å². The third kappa shape index (κ3) is 6.27. The molecular formula is C15H29Br. The molecular weight excluding hydrogens is 260 g/mol. The SMILES string of the molecule is CC1(C)CCCCCCCC(C)(Br)CCC1. The minimum atomic E-state index is 0.405. The molecule has 1 unspecified atom stereocenters. The first-order valence-electron chi connectivity index (χ1n) is 7.10. The first kappa shape index (κ1) is 14.5. The van der Waals surface area contributed by atoms with Crippen molar-refractivity contribution < 1.29 is 0 Å². The Labute approximate surface area is 111 Å². The summed E-state index contributed by atoms with van der Waals surface area (Å²) in [6.45, 7) is 7.28. The average Bonchev–Trinajstić information content (AvgIpc) is 2.13. The number of alkyl halides is 1. The Bertz CT molecular complexity index is 174. The number of hydrogen-bond acceptors (Lipinski definition) is 0. The van der Waals surface area contributed by atoms with Gasteiger partial charge in [0.2, 0.25) is 0 Å². The molecule has 0 radical (unpaired) electrons. The van der Waals surface area contributed by atoms with Crippen molar-refractivity contribution in [3.8, 4) is 0 Å². The highest BCUT2D eigenvalue weighted by Crippen LogP contribution is 2.36. The smallest absolute Gasteiger partial charge is 0.0229 e. The van der Waals surface area contributed by atoms with Gasteiger partial charge in [0, 0.05) is 4.32 Å². The molecule has 0 aliphatic heterocycles. The van der Waals surface area contributed by atoms with Crippen molar-refractivity contribution in [2.45, 2.75) is 89.3 Å². The molecule has 1 fully saturated rings. The van der Waals surface area contributed by atoms with Crippen LogP contribution in [0.4, 0.5) is 0 Å². The lowest BCUT2D eigenvalue weighted by molar-refractivity contribution is 0.274. The third-order valence-electron chi connectivity index (χ3n) is 4.10. The van der Waals surface area contributed by atoms with Crippen LogP contribution < -0.4 is 0 Å². The largest absolute Gasteiger partial charge is 0.0856 e. The standard InChI is InChI=1S/C15H29Br/c1-14(2)10-7-5-4-6-8-12-15(3,16)13-9-11-14/h4-13H2,1-3H3. The van der Waals surface area contributed by atoms with E-state index in [0.29, 0.717) is 9.74 Å². The summed E-state index contributed by atoms with van der Waals surface area (Å²) in [7, 11) is 0. The molecule has 0 amide bonds. The minimum Gasteiger partial charge on any atom is -0.0856 e. The average molecular weight is 289 g/mol. The minimum absolute atomic E-state index is 0.405. The second-order valence-corrected chi connectivity index (χ2v) is 8.61. The molecule has 0 aromatic heterocycles. The Hall–Kier alpha value is 0.480. The molecule has 16 heavy (non-hydrogen) atoms. The zero-order valence-corrected chi connectivity index (χ0v) is 13.0. The predicted molar refractivity (Wildman–Crippen MR) is 77.3 cm³/mol. The number of rotatable bonds is 0. The molecule has 0 nitrogen and oxygen atoms in total. The second-order valence-electron chi connectivity index (χ2n) is 6.70. The van der Waals surface area contributed by atoms with Gasteiger partial charge in [-0.05, 0) is 38.0 Å². The fourth-order valence-electron chi connectivity index (χ4n) is 2.81. The molecule has 96 valence electrons. The molecule has 1 heteroatoms. The van der Waals surface area contributed by atoms with E-state index >= 15 is 0 Å². The molecule has 0 N–H and O–H groups in total. The lowest BCUT2D eigenvalue weighted by Crippen LogP contribution is -2.18. The summed E-state index contributed by atoms with van der Waals surface area (Å²) in [5.41, 5.74) is 0.572. The molecule has 0 aromatic rings. The van der Waals surface area contributed by atoms with Crippen LogP contribution in [0.25, 0.3) is 0 Å². The molecule has 1 atom stereocenters. The van der Waals surface area contributed by atoms with E-state index in [0.717, 1.165) is 0 Å². The second kappa shape index (κ2) is 6.42. The van der Waals surface area contributed by atoms with Crippen molar-refractivity contribution in [1.82, 2.24) is 0 Å². The molecule has 1 saturated carbocycles. The lowest BCUT2D eigenvalue weighted by Gasteiger charge is -2.29. The van der Waals surface area contributed by atoms with Crippen LogP contribution in [0.1, 0.15) is 85.0 Å². The van der Waals surface area contributed by atoms with Gasteiger partial charge in [-0.3, -0.25) is 0 Å². The quantitative estimate of drug-likeness (QED) is 0.474. The fourth-order valence-corrected chi connectivity index (χ4v) is 3.37. The van der Waals surface area contributed by atoms with E-state index in [1.807, 2.05) is 0 Å². The highest BCUT2D eigenvalue weighted by Gasteiger charge is 2.23. The van der Waals surface area contributed by atoms with Crippen LogP contribution in [0.15, 0.2) is 0 Å². The Morgan fingerprint density at radius 2 is 1.06 bits per heavy atom. The zero-order chi connectivity index (χ0) is 12.1. The number of hydrogen-bond donors (Lipinski definition) is 0. The van der Waals surface area contributed by atoms with Gasteiger partial charge in [0.15, 0.2) is 0 Å². The van der Waals surface area contributed by atoms with Crippen molar-refractivity contribution >= 4 is 15.9 Å². The Kier molecular flexibility index (Phi) is 5.84. The zero-order valence-electron chi connectivity index (χ0n) is 11.4. The van der Waals surface area contributed by atoms with Crippen LogP contribution in [0.2, 0.25) is 0 Å². The van der Waals surface area contributed by atoms with E-state index < -0.39 is 0 Å². The Morgan fingerprint density at radius 3 is 1.75 bits per heavy atom.